The van der Waals surface area contributed by atoms with E-state index in [0.29, 0.717) is 37.3 Å². The van der Waals surface area contributed by atoms with E-state index in [2.05, 4.69) is 0 Å². The summed E-state index contributed by atoms with van der Waals surface area (Å²) in [5.74, 6) is -2.97. The Bertz CT molecular complexity index is 1510. The first-order valence-electron chi connectivity index (χ1n) is 13.5. The third-order valence-corrected chi connectivity index (χ3v) is 9.88. The van der Waals surface area contributed by atoms with Crippen LogP contribution in [0.3, 0.4) is 0 Å². The highest BCUT2D eigenvalue weighted by molar-refractivity contribution is 7.89. The van der Waals surface area contributed by atoms with Gasteiger partial charge in [0.2, 0.25) is 10.0 Å². The molecule has 5 rings (SSSR count). The van der Waals surface area contributed by atoms with Crippen LogP contribution in [0.1, 0.15) is 36.8 Å². The van der Waals surface area contributed by atoms with Gasteiger partial charge in [0.15, 0.2) is 5.54 Å². The molecule has 0 aromatic heterocycles. The van der Waals surface area contributed by atoms with Crippen LogP contribution in [-0.4, -0.2) is 92.5 Å². The van der Waals surface area contributed by atoms with Gasteiger partial charge in [0, 0.05) is 43.5 Å². The topological polar surface area (TPSA) is 119 Å². The number of aliphatic hydroxyl groups excluding tert-OH is 1. The maximum atomic E-state index is 14.1. The summed E-state index contributed by atoms with van der Waals surface area (Å²) in [7, 11) is 1.51. The van der Waals surface area contributed by atoms with Crippen molar-refractivity contribution in [3.8, 4) is 0 Å². The number of benzene rings is 2. The fourth-order valence-electron chi connectivity index (χ4n) is 6.02. The number of hydrogen-bond acceptors (Lipinski definition) is 7. The van der Waals surface area contributed by atoms with Crippen molar-refractivity contribution in [3.63, 3.8) is 0 Å². The number of carbonyl (C=O) groups is 3. The number of nitrogens with zero attached hydrogens (tertiary/aromatic N) is 4. The SMILES string of the molecule is CN(C)CCCN1C(=O)C(=O)C(=C(O)c2cccc(S(=O)(=O)N3CCCCC3)c2)[C@]12C(=O)N(C)c1ccccc12. The Morgan fingerprint density at radius 2 is 1.70 bits per heavy atom. The predicted octanol–water partition coefficient (Wildman–Crippen LogP) is 2.37. The highest BCUT2D eigenvalue weighted by atomic mass is 32.2. The number of amides is 2. The van der Waals surface area contributed by atoms with Crippen molar-refractivity contribution >= 4 is 39.1 Å². The fourth-order valence-corrected chi connectivity index (χ4v) is 7.58. The zero-order valence-electron chi connectivity index (χ0n) is 23.0. The highest BCUT2D eigenvalue weighted by Gasteiger charge is 2.66. The zero-order chi connectivity index (χ0) is 28.8. The van der Waals surface area contributed by atoms with Gasteiger partial charge < -0.3 is 19.8 Å². The molecular formula is C29H34N4O6S. The molecule has 212 valence electrons. The first kappa shape index (κ1) is 28.0. The summed E-state index contributed by atoms with van der Waals surface area (Å²) in [5, 5.41) is 11.7. The quantitative estimate of drug-likeness (QED) is 0.311. The number of aliphatic hydroxyl groups is 1. The smallest absolute Gasteiger partial charge is 0.296 e. The number of sulfonamides is 1. The summed E-state index contributed by atoms with van der Waals surface area (Å²) in [4.78, 5) is 45.9. The van der Waals surface area contributed by atoms with Gasteiger partial charge >= 0.3 is 0 Å². The van der Waals surface area contributed by atoms with Crippen LogP contribution >= 0.6 is 0 Å². The monoisotopic (exact) mass is 566 g/mol. The minimum absolute atomic E-state index is 0.0250. The summed E-state index contributed by atoms with van der Waals surface area (Å²) >= 11 is 0. The van der Waals surface area contributed by atoms with Crippen LogP contribution in [0.25, 0.3) is 5.76 Å². The lowest BCUT2D eigenvalue weighted by Crippen LogP contribution is -2.51. The van der Waals surface area contributed by atoms with Crippen LogP contribution in [-0.2, 0) is 29.9 Å². The zero-order valence-corrected chi connectivity index (χ0v) is 23.8. The molecule has 40 heavy (non-hydrogen) atoms. The van der Waals surface area contributed by atoms with E-state index in [1.165, 1.54) is 38.4 Å². The molecule has 1 atom stereocenters. The maximum absolute atomic E-state index is 14.1. The minimum Gasteiger partial charge on any atom is -0.507 e. The Balaban J connectivity index is 1.69. The van der Waals surface area contributed by atoms with Crippen LogP contribution in [0, 0.1) is 0 Å². The lowest BCUT2D eigenvalue weighted by Gasteiger charge is -2.34. The second-order valence-electron chi connectivity index (χ2n) is 10.8. The van der Waals surface area contributed by atoms with Gasteiger partial charge in [0.25, 0.3) is 17.6 Å². The molecule has 3 aliphatic heterocycles. The first-order chi connectivity index (χ1) is 19.0. The van der Waals surface area contributed by atoms with Crippen LogP contribution in [0.2, 0.25) is 0 Å². The number of likely N-dealkylation sites (tertiary alicyclic amines) is 1. The molecular weight excluding hydrogens is 532 g/mol. The molecule has 10 nitrogen and oxygen atoms in total. The molecule has 11 heteroatoms. The number of para-hydroxylation sites is 1. The van der Waals surface area contributed by atoms with E-state index in [1.807, 2.05) is 19.0 Å². The van der Waals surface area contributed by atoms with E-state index in [4.69, 9.17) is 0 Å². The van der Waals surface area contributed by atoms with Gasteiger partial charge in [-0.1, -0.05) is 36.8 Å². The number of anilines is 1. The first-order valence-corrected chi connectivity index (χ1v) is 14.9. The molecule has 2 aromatic carbocycles. The number of ketones is 1. The number of likely N-dealkylation sites (N-methyl/N-ethyl adjacent to an activating group) is 1. The van der Waals surface area contributed by atoms with Gasteiger partial charge in [0.1, 0.15) is 5.76 Å². The molecule has 2 fully saturated rings. The Morgan fingerprint density at radius 3 is 2.40 bits per heavy atom. The number of fused-ring (bicyclic) bond motifs is 2. The summed E-state index contributed by atoms with van der Waals surface area (Å²) in [5.41, 5.74) is -1.22. The molecule has 0 bridgehead atoms. The second kappa shape index (κ2) is 10.5. The molecule has 1 N–H and O–H groups in total. The van der Waals surface area contributed by atoms with Crippen molar-refractivity contribution in [2.75, 3.05) is 52.2 Å². The average Bonchev–Trinajstić information content (AvgIpc) is 3.31. The van der Waals surface area contributed by atoms with Crippen molar-refractivity contribution < 1.29 is 27.9 Å². The number of hydrogen-bond donors (Lipinski definition) is 1. The van der Waals surface area contributed by atoms with Crippen LogP contribution < -0.4 is 4.90 Å². The van der Waals surface area contributed by atoms with Crippen LogP contribution in [0.4, 0.5) is 5.69 Å². The highest BCUT2D eigenvalue weighted by Crippen LogP contribution is 2.53. The number of piperidine rings is 1. The molecule has 0 aliphatic carbocycles. The van der Waals surface area contributed by atoms with Crippen LogP contribution in [0.5, 0.6) is 0 Å². The van der Waals surface area contributed by atoms with Gasteiger partial charge in [-0.25, -0.2) is 8.42 Å². The molecule has 0 radical (unpaired) electrons. The molecule has 0 unspecified atom stereocenters. The fraction of sp³-hybridized carbons (Fsp3) is 0.414. The number of rotatable bonds is 7. The average molecular weight is 567 g/mol. The Kier molecular flexibility index (Phi) is 7.32. The normalized spacial score (nSPS) is 23.1. The molecule has 1 spiro atoms. The number of carbonyl (C=O) groups excluding carboxylic acids is 3. The third-order valence-electron chi connectivity index (χ3n) is 7.99. The summed E-state index contributed by atoms with van der Waals surface area (Å²) < 4.78 is 28.2. The van der Waals surface area contributed by atoms with E-state index >= 15 is 0 Å². The minimum atomic E-state index is -3.84. The van der Waals surface area contributed by atoms with Crippen molar-refractivity contribution in [1.29, 1.82) is 0 Å². The third kappa shape index (κ3) is 4.23. The lowest BCUT2D eigenvalue weighted by atomic mass is 9.82. The van der Waals surface area contributed by atoms with Gasteiger partial charge in [-0.2, -0.15) is 4.31 Å². The van der Waals surface area contributed by atoms with Gasteiger partial charge in [0.05, 0.1) is 10.5 Å². The summed E-state index contributed by atoms with van der Waals surface area (Å²) in [6.07, 6.45) is 2.99. The standard InChI is InChI=1S/C29H34N4O6S/c1-30(2)15-10-18-33-27(36)26(35)24(29(33)22-13-5-6-14-23(22)31(3)28(29)37)25(34)20-11-9-12-21(19-20)40(38,39)32-16-7-4-8-17-32/h5-6,9,11-14,19,34H,4,7-8,10,15-18H2,1-3H3/t29-/m1/s1. The lowest BCUT2D eigenvalue weighted by molar-refractivity contribution is -0.143. The van der Waals surface area contributed by atoms with Gasteiger partial charge in [-0.3, -0.25) is 14.4 Å². The van der Waals surface area contributed by atoms with E-state index in [-0.39, 0.29) is 22.6 Å². The van der Waals surface area contributed by atoms with Crippen LogP contribution in [0.15, 0.2) is 59.0 Å². The van der Waals surface area contributed by atoms with Crippen molar-refractivity contribution in [2.24, 2.45) is 0 Å². The Labute approximate surface area is 234 Å². The largest absolute Gasteiger partial charge is 0.507 e. The second-order valence-corrected chi connectivity index (χ2v) is 12.7. The molecule has 3 aliphatic rings. The molecule has 3 heterocycles. The Hall–Kier alpha value is -3.54. The summed E-state index contributed by atoms with van der Waals surface area (Å²) in [6, 6.07) is 12.6. The van der Waals surface area contributed by atoms with E-state index in [0.717, 1.165) is 19.3 Å². The molecule has 2 saturated heterocycles. The number of Topliss-reactive ketones (excluding diaryl/α,β-unsaturated/α-hetero) is 1. The Morgan fingerprint density at radius 1 is 1.00 bits per heavy atom. The molecule has 2 aromatic rings. The van der Waals surface area contributed by atoms with E-state index < -0.39 is 38.9 Å². The van der Waals surface area contributed by atoms with Crippen molar-refractivity contribution in [2.45, 2.75) is 36.1 Å². The van der Waals surface area contributed by atoms with Crippen molar-refractivity contribution in [1.82, 2.24) is 14.1 Å². The predicted molar refractivity (Wildman–Crippen MR) is 150 cm³/mol. The molecule has 2 amide bonds. The van der Waals surface area contributed by atoms with Gasteiger partial charge in [-0.05, 0) is 58.1 Å². The van der Waals surface area contributed by atoms with Gasteiger partial charge in [-0.15, -0.1) is 0 Å². The van der Waals surface area contributed by atoms with Crippen molar-refractivity contribution in [3.05, 3.63) is 65.2 Å². The summed E-state index contributed by atoms with van der Waals surface area (Å²) in [6.45, 7) is 1.54. The van der Waals surface area contributed by atoms with E-state index in [1.54, 1.807) is 31.3 Å². The van der Waals surface area contributed by atoms with E-state index in [9.17, 15) is 27.9 Å². The molecule has 0 saturated carbocycles. The maximum Gasteiger partial charge on any atom is 0.296 e.